The summed E-state index contributed by atoms with van der Waals surface area (Å²) >= 11 is 5.94. The molecular formula is C24H28ClN5O2. The second-order valence-electron chi connectivity index (χ2n) is 8.25. The Kier molecular flexibility index (Phi) is 7.19. The fraction of sp³-hybridized carbons (Fsp3) is 0.375. The van der Waals surface area contributed by atoms with Crippen LogP contribution in [0.1, 0.15) is 17.0 Å². The molecular weight excluding hydrogens is 426 g/mol. The van der Waals surface area contributed by atoms with Crippen molar-refractivity contribution in [3.05, 3.63) is 70.6 Å². The third kappa shape index (κ3) is 5.73. The monoisotopic (exact) mass is 453 g/mol. The van der Waals surface area contributed by atoms with E-state index in [0.29, 0.717) is 36.4 Å². The molecule has 0 N–H and O–H groups in total. The molecule has 3 aromatic rings. The summed E-state index contributed by atoms with van der Waals surface area (Å²) < 4.78 is 5.43. The largest absolute Gasteiger partial charge is 0.340 e. The number of aromatic nitrogens is 2. The number of hydrogen-bond donors (Lipinski definition) is 0. The Labute approximate surface area is 193 Å². The highest BCUT2D eigenvalue weighted by Gasteiger charge is 2.22. The summed E-state index contributed by atoms with van der Waals surface area (Å²) in [5, 5.41) is 4.76. The normalized spacial score (nSPS) is 15.1. The van der Waals surface area contributed by atoms with Crippen LogP contribution in [0.4, 0.5) is 0 Å². The molecule has 0 bridgehead atoms. The van der Waals surface area contributed by atoms with Gasteiger partial charge in [-0.15, -0.1) is 0 Å². The van der Waals surface area contributed by atoms with Crippen LogP contribution in [0.5, 0.6) is 0 Å². The molecule has 0 radical (unpaired) electrons. The molecule has 0 aliphatic carbocycles. The van der Waals surface area contributed by atoms with Gasteiger partial charge >= 0.3 is 0 Å². The van der Waals surface area contributed by atoms with Crippen molar-refractivity contribution in [2.24, 2.45) is 0 Å². The van der Waals surface area contributed by atoms with Crippen molar-refractivity contribution < 1.29 is 9.32 Å². The average Bonchev–Trinajstić information content (AvgIpc) is 3.25. The lowest BCUT2D eigenvalue weighted by molar-refractivity contribution is -0.132. The lowest BCUT2D eigenvalue weighted by Crippen LogP contribution is -2.49. The van der Waals surface area contributed by atoms with E-state index in [0.717, 1.165) is 31.7 Å². The molecule has 0 saturated carbocycles. The Morgan fingerprint density at radius 3 is 2.47 bits per heavy atom. The van der Waals surface area contributed by atoms with Gasteiger partial charge in [-0.1, -0.05) is 41.0 Å². The highest BCUT2D eigenvalue weighted by molar-refractivity contribution is 6.30. The number of piperazine rings is 1. The summed E-state index contributed by atoms with van der Waals surface area (Å²) in [4.78, 5) is 23.5. The summed E-state index contributed by atoms with van der Waals surface area (Å²) in [6, 6.07) is 15.6. The fourth-order valence-corrected chi connectivity index (χ4v) is 3.90. The minimum absolute atomic E-state index is 0.145. The zero-order valence-electron chi connectivity index (χ0n) is 18.5. The third-order valence-electron chi connectivity index (χ3n) is 5.85. The molecule has 0 spiro atoms. The van der Waals surface area contributed by atoms with Gasteiger partial charge in [-0.25, -0.2) is 0 Å². The van der Waals surface area contributed by atoms with E-state index in [-0.39, 0.29) is 5.91 Å². The highest BCUT2D eigenvalue weighted by Crippen LogP contribution is 2.19. The van der Waals surface area contributed by atoms with E-state index < -0.39 is 0 Å². The van der Waals surface area contributed by atoms with Crippen LogP contribution in [-0.4, -0.2) is 70.5 Å². The van der Waals surface area contributed by atoms with Crippen molar-refractivity contribution in [3.63, 3.8) is 0 Å². The Bertz CT molecular complexity index is 1040. The van der Waals surface area contributed by atoms with Gasteiger partial charge in [0.15, 0.2) is 0 Å². The van der Waals surface area contributed by atoms with Crippen molar-refractivity contribution in [3.8, 4) is 11.4 Å². The number of amides is 1. The van der Waals surface area contributed by atoms with E-state index in [1.54, 1.807) is 0 Å². The van der Waals surface area contributed by atoms with E-state index >= 15 is 0 Å². The predicted octanol–water partition coefficient (Wildman–Crippen LogP) is 3.47. The molecule has 0 unspecified atom stereocenters. The van der Waals surface area contributed by atoms with Gasteiger partial charge in [-0.3, -0.25) is 14.6 Å². The summed E-state index contributed by atoms with van der Waals surface area (Å²) in [6.45, 7) is 7.14. The third-order valence-corrected chi connectivity index (χ3v) is 6.10. The molecule has 7 nitrogen and oxygen atoms in total. The zero-order chi connectivity index (χ0) is 22.5. The number of halogens is 1. The summed E-state index contributed by atoms with van der Waals surface area (Å²) in [5.41, 5.74) is 3.27. The molecule has 4 rings (SSSR count). The van der Waals surface area contributed by atoms with E-state index in [1.807, 2.05) is 48.3 Å². The number of carbonyl (C=O) groups is 1. The van der Waals surface area contributed by atoms with Gasteiger partial charge in [-0.2, -0.15) is 4.98 Å². The van der Waals surface area contributed by atoms with Crippen LogP contribution in [0, 0.1) is 6.92 Å². The molecule has 168 valence electrons. The van der Waals surface area contributed by atoms with Gasteiger partial charge in [0.05, 0.1) is 13.1 Å². The number of benzene rings is 2. The lowest BCUT2D eigenvalue weighted by atomic mass is 10.1. The van der Waals surface area contributed by atoms with E-state index in [9.17, 15) is 4.79 Å². The molecule has 8 heteroatoms. The smallest absolute Gasteiger partial charge is 0.241 e. The first kappa shape index (κ1) is 22.5. The van der Waals surface area contributed by atoms with Crippen LogP contribution >= 0.6 is 11.6 Å². The molecule has 2 heterocycles. The standard InChI is InChI=1S/C24H28ClN5O2/c1-18-5-3-4-6-20(18)15-28(2)23(31)17-30-13-11-29(12-14-30)16-22-26-24(27-32-22)19-7-9-21(25)10-8-19/h3-10H,11-17H2,1-2H3. The Morgan fingerprint density at radius 1 is 1.06 bits per heavy atom. The Morgan fingerprint density at radius 2 is 1.75 bits per heavy atom. The molecule has 1 saturated heterocycles. The minimum Gasteiger partial charge on any atom is -0.340 e. The second-order valence-corrected chi connectivity index (χ2v) is 8.68. The zero-order valence-corrected chi connectivity index (χ0v) is 19.3. The van der Waals surface area contributed by atoms with Crippen LogP contribution in [0.25, 0.3) is 11.4 Å². The number of nitrogens with zero attached hydrogens (tertiary/aromatic N) is 5. The van der Waals surface area contributed by atoms with Crippen molar-refractivity contribution >= 4 is 17.5 Å². The highest BCUT2D eigenvalue weighted by atomic mass is 35.5. The van der Waals surface area contributed by atoms with Crippen molar-refractivity contribution in [2.75, 3.05) is 39.8 Å². The summed E-state index contributed by atoms with van der Waals surface area (Å²) in [7, 11) is 1.87. The maximum Gasteiger partial charge on any atom is 0.241 e. The Balaban J connectivity index is 1.23. The van der Waals surface area contributed by atoms with Gasteiger partial charge in [0, 0.05) is 50.4 Å². The molecule has 1 aromatic heterocycles. The van der Waals surface area contributed by atoms with Crippen molar-refractivity contribution in [1.82, 2.24) is 24.8 Å². The van der Waals surface area contributed by atoms with Gasteiger partial charge in [0.1, 0.15) is 0 Å². The van der Waals surface area contributed by atoms with Gasteiger partial charge in [-0.05, 0) is 42.3 Å². The van der Waals surface area contributed by atoms with Gasteiger partial charge < -0.3 is 9.42 Å². The van der Waals surface area contributed by atoms with Crippen molar-refractivity contribution in [2.45, 2.75) is 20.0 Å². The number of hydrogen-bond acceptors (Lipinski definition) is 6. The van der Waals surface area contributed by atoms with E-state index in [2.05, 4.69) is 39.0 Å². The number of aryl methyl sites for hydroxylation is 1. The topological polar surface area (TPSA) is 65.7 Å². The first-order valence-corrected chi connectivity index (χ1v) is 11.2. The second kappa shape index (κ2) is 10.3. The van der Waals surface area contributed by atoms with Crippen LogP contribution in [-0.2, 0) is 17.9 Å². The quantitative estimate of drug-likeness (QED) is 0.545. The number of rotatable bonds is 7. The Hall–Kier alpha value is -2.74. The molecule has 1 aliphatic heterocycles. The first-order valence-electron chi connectivity index (χ1n) is 10.8. The lowest BCUT2D eigenvalue weighted by Gasteiger charge is -2.34. The van der Waals surface area contributed by atoms with Crippen LogP contribution in [0.3, 0.4) is 0 Å². The minimum atomic E-state index is 0.145. The SMILES string of the molecule is Cc1ccccc1CN(C)C(=O)CN1CCN(Cc2nc(-c3ccc(Cl)cc3)no2)CC1. The molecule has 32 heavy (non-hydrogen) atoms. The first-order chi connectivity index (χ1) is 15.5. The van der Waals surface area contributed by atoms with Crippen molar-refractivity contribution in [1.29, 1.82) is 0 Å². The molecule has 0 atom stereocenters. The average molecular weight is 454 g/mol. The fourth-order valence-electron chi connectivity index (χ4n) is 3.78. The van der Waals surface area contributed by atoms with Crippen LogP contribution in [0.15, 0.2) is 53.1 Å². The molecule has 1 aliphatic rings. The van der Waals surface area contributed by atoms with Crippen LogP contribution < -0.4 is 0 Å². The van der Waals surface area contributed by atoms with Crippen LogP contribution in [0.2, 0.25) is 5.02 Å². The predicted molar refractivity (Wildman–Crippen MR) is 124 cm³/mol. The van der Waals surface area contributed by atoms with E-state index in [1.165, 1.54) is 11.1 Å². The van der Waals surface area contributed by atoms with Gasteiger partial charge in [0.2, 0.25) is 17.6 Å². The summed E-state index contributed by atoms with van der Waals surface area (Å²) in [5.74, 6) is 1.31. The maximum atomic E-state index is 12.7. The van der Waals surface area contributed by atoms with E-state index in [4.69, 9.17) is 16.1 Å². The molecule has 1 amide bonds. The summed E-state index contributed by atoms with van der Waals surface area (Å²) in [6.07, 6.45) is 0. The maximum absolute atomic E-state index is 12.7. The number of carbonyl (C=O) groups excluding carboxylic acids is 1. The number of likely N-dealkylation sites (N-methyl/N-ethyl adjacent to an activating group) is 1. The molecule has 2 aromatic carbocycles. The van der Waals surface area contributed by atoms with Gasteiger partial charge in [0.25, 0.3) is 0 Å². The molecule has 1 fully saturated rings.